The van der Waals surface area contributed by atoms with Crippen molar-refractivity contribution in [1.82, 2.24) is 0 Å². The number of fused-ring (bicyclic) bond motifs is 6. The van der Waals surface area contributed by atoms with Crippen LogP contribution in [0.2, 0.25) is 0 Å². The van der Waals surface area contributed by atoms with Gasteiger partial charge in [-0.2, -0.15) is 0 Å². The zero-order valence-corrected chi connectivity index (χ0v) is 17.2. The van der Waals surface area contributed by atoms with Crippen molar-refractivity contribution in [2.75, 3.05) is 0 Å². The van der Waals surface area contributed by atoms with Gasteiger partial charge in [0, 0.05) is 23.9 Å². The van der Waals surface area contributed by atoms with Gasteiger partial charge in [0.25, 0.3) is 0 Å². The van der Waals surface area contributed by atoms with Crippen molar-refractivity contribution in [3.05, 3.63) is 89.0 Å². The molecule has 2 aliphatic rings. The molecule has 0 aromatic heterocycles. The summed E-state index contributed by atoms with van der Waals surface area (Å²) in [7, 11) is 0. The highest BCUT2D eigenvalue weighted by Gasteiger charge is 2.27. The fourth-order valence-corrected chi connectivity index (χ4v) is 5.41. The highest BCUT2D eigenvalue weighted by Crippen LogP contribution is 2.45. The van der Waals surface area contributed by atoms with Crippen LogP contribution in [0.3, 0.4) is 0 Å². The van der Waals surface area contributed by atoms with E-state index in [0.29, 0.717) is 0 Å². The molecule has 0 saturated heterocycles. The van der Waals surface area contributed by atoms with Crippen LogP contribution in [-0.2, 0) is 11.2 Å². The molecule has 0 N–H and O–H groups in total. The minimum atomic E-state index is -0.483. The first-order valence-electron chi connectivity index (χ1n) is 10.9. The van der Waals surface area contributed by atoms with Crippen LogP contribution < -0.4 is 0 Å². The highest BCUT2D eigenvalue weighted by atomic mass is 16.1. The van der Waals surface area contributed by atoms with E-state index in [4.69, 9.17) is 4.99 Å². The van der Waals surface area contributed by atoms with Crippen molar-refractivity contribution >= 4 is 45.9 Å². The average molecular weight is 402 g/mol. The molecule has 0 saturated carbocycles. The number of aliphatic imine (C=N–C) groups is 2. The summed E-state index contributed by atoms with van der Waals surface area (Å²) in [6, 6.07) is 23.5. The molecule has 3 nitrogen and oxygen atoms in total. The van der Waals surface area contributed by atoms with Gasteiger partial charge in [-0.25, -0.2) is 0 Å². The van der Waals surface area contributed by atoms with Crippen LogP contribution in [0.15, 0.2) is 76.7 Å². The van der Waals surface area contributed by atoms with Crippen LogP contribution in [0, 0.1) is 0 Å². The molecule has 0 fully saturated rings. The van der Waals surface area contributed by atoms with Gasteiger partial charge >= 0.3 is 0 Å². The Balaban J connectivity index is 1.56. The number of rotatable bonds is 2. The van der Waals surface area contributed by atoms with Crippen LogP contribution in [0.5, 0.6) is 0 Å². The predicted octanol–water partition coefficient (Wildman–Crippen LogP) is 6.49. The Labute approximate surface area is 181 Å². The average Bonchev–Trinajstić information content (AvgIpc) is 3.05. The van der Waals surface area contributed by atoms with Crippen LogP contribution in [0.25, 0.3) is 21.5 Å². The Bertz CT molecular complexity index is 1400. The molecule has 0 spiro atoms. The quantitative estimate of drug-likeness (QED) is 0.279. The first-order chi connectivity index (χ1) is 15.3. The first kappa shape index (κ1) is 18.2. The maximum absolute atomic E-state index is 11.6. The fraction of sp³-hybridized carbons (Fsp3) is 0.179. The number of carbonyl (C=O) groups excluding carboxylic acids is 1. The van der Waals surface area contributed by atoms with E-state index >= 15 is 0 Å². The highest BCUT2D eigenvalue weighted by molar-refractivity contribution is 6.17. The molecule has 0 amide bonds. The second kappa shape index (κ2) is 7.28. The van der Waals surface area contributed by atoms with Gasteiger partial charge in [-0.15, -0.1) is 0 Å². The molecule has 1 aliphatic carbocycles. The Hall–Kier alpha value is -3.59. The van der Waals surface area contributed by atoms with Crippen molar-refractivity contribution in [2.24, 2.45) is 9.98 Å². The van der Waals surface area contributed by atoms with Gasteiger partial charge in [0.2, 0.25) is 0 Å². The standard InChI is InChI=1S/C28H22N2O/c31-17-27-26-10-4-9-25(28(26)30-16-15-29-27)21-8-3-7-20-23-12-11-18-5-1-2-6-19(18)22(23)13-14-24(20)21/h1-2,4-6,9-17,21,27H,3,7-8H2. The number of carbonyl (C=O) groups is 1. The molecule has 3 heteroatoms. The normalized spacial score (nSPS) is 19.7. The molecule has 2 unspecified atom stereocenters. The Morgan fingerprint density at radius 3 is 2.58 bits per heavy atom. The summed E-state index contributed by atoms with van der Waals surface area (Å²) in [5, 5.41) is 5.29. The minimum absolute atomic E-state index is 0.275. The minimum Gasteiger partial charge on any atom is -0.301 e. The molecule has 4 aromatic carbocycles. The lowest BCUT2D eigenvalue weighted by atomic mass is 9.76. The lowest BCUT2D eigenvalue weighted by molar-refractivity contribution is -0.108. The molecule has 150 valence electrons. The second-order valence-corrected chi connectivity index (χ2v) is 8.40. The van der Waals surface area contributed by atoms with Crippen LogP contribution in [0.1, 0.15) is 47.1 Å². The Morgan fingerprint density at radius 1 is 0.774 bits per heavy atom. The summed E-state index contributed by atoms with van der Waals surface area (Å²) in [5.74, 6) is 0.275. The summed E-state index contributed by atoms with van der Waals surface area (Å²) in [5.41, 5.74) is 5.86. The number of nitrogens with zero attached hydrogens (tertiary/aromatic N) is 2. The number of hydrogen-bond donors (Lipinski definition) is 0. The van der Waals surface area contributed by atoms with Gasteiger partial charge in [0.1, 0.15) is 12.3 Å². The third kappa shape index (κ3) is 2.84. The third-order valence-corrected chi connectivity index (χ3v) is 6.81. The van der Waals surface area contributed by atoms with E-state index < -0.39 is 6.04 Å². The molecule has 31 heavy (non-hydrogen) atoms. The van der Waals surface area contributed by atoms with Crippen molar-refractivity contribution in [3.8, 4) is 0 Å². The summed E-state index contributed by atoms with van der Waals surface area (Å²) in [6.07, 6.45) is 7.58. The molecule has 4 aromatic rings. The molecular formula is C28H22N2O. The molecule has 1 aliphatic heterocycles. The summed E-state index contributed by atoms with van der Waals surface area (Å²) in [6.45, 7) is 0. The number of hydrogen-bond acceptors (Lipinski definition) is 3. The second-order valence-electron chi connectivity index (χ2n) is 8.40. The monoisotopic (exact) mass is 402 g/mol. The number of aryl methyl sites for hydroxylation is 1. The van der Waals surface area contributed by atoms with Crippen molar-refractivity contribution in [1.29, 1.82) is 0 Å². The predicted molar refractivity (Wildman–Crippen MR) is 128 cm³/mol. The maximum atomic E-state index is 11.6. The number of para-hydroxylation sites is 1. The molecule has 1 heterocycles. The van der Waals surface area contributed by atoms with Gasteiger partial charge in [-0.3, -0.25) is 9.98 Å². The zero-order valence-electron chi connectivity index (χ0n) is 17.2. The molecule has 6 rings (SSSR count). The topological polar surface area (TPSA) is 41.8 Å². The van der Waals surface area contributed by atoms with E-state index in [1.54, 1.807) is 12.4 Å². The third-order valence-electron chi connectivity index (χ3n) is 6.81. The van der Waals surface area contributed by atoms with E-state index in [2.05, 4.69) is 59.6 Å². The fourth-order valence-electron chi connectivity index (χ4n) is 5.41. The lowest BCUT2D eigenvalue weighted by Gasteiger charge is -2.29. The van der Waals surface area contributed by atoms with E-state index in [1.807, 2.05) is 12.1 Å². The molecule has 2 atom stereocenters. The van der Waals surface area contributed by atoms with Crippen molar-refractivity contribution in [2.45, 2.75) is 31.2 Å². The lowest BCUT2D eigenvalue weighted by Crippen LogP contribution is -2.12. The smallest absolute Gasteiger partial charge is 0.149 e. The largest absolute Gasteiger partial charge is 0.301 e. The van der Waals surface area contributed by atoms with Gasteiger partial charge in [-0.05, 0) is 57.5 Å². The summed E-state index contributed by atoms with van der Waals surface area (Å²) in [4.78, 5) is 20.7. The van der Waals surface area contributed by atoms with Crippen LogP contribution in [0.4, 0.5) is 5.69 Å². The van der Waals surface area contributed by atoms with E-state index in [9.17, 15) is 4.79 Å². The maximum Gasteiger partial charge on any atom is 0.149 e. The van der Waals surface area contributed by atoms with Crippen LogP contribution >= 0.6 is 0 Å². The first-order valence-corrected chi connectivity index (χ1v) is 10.9. The van der Waals surface area contributed by atoms with E-state index in [-0.39, 0.29) is 5.92 Å². The van der Waals surface area contributed by atoms with Gasteiger partial charge in [0.05, 0.1) is 5.69 Å². The van der Waals surface area contributed by atoms with Crippen molar-refractivity contribution in [3.63, 3.8) is 0 Å². The van der Waals surface area contributed by atoms with Gasteiger partial charge < -0.3 is 4.79 Å². The van der Waals surface area contributed by atoms with Crippen LogP contribution in [-0.4, -0.2) is 18.7 Å². The van der Waals surface area contributed by atoms with E-state index in [0.717, 1.165) is 36.8 Å². The Morgan fingerprint density at radius 2 is 1.65 bits per heavy atom. The van der Waals surface area contributed by atoms with E-state index in [1.165, 1.54) is 38.2 Å². The Kier molecular flexibility index (Phi) is 4.27. The van der Waals surface area contributed by atoms with Crippen molar-refractivity contribution < 1.29 is 4.79 Å². The molecule has 0 bridgehead atoms. The molecular weight excluding hydrogens is 380 g/mol. The summed E-state index contributed by atoms with van der Waals surface area (Å²) >= 11 is 0. The number of aldehydes is 1. The molecule has 0 radical (unpaired) electrons. The SMILES string of the molecule is O=CC1N=CC=Nc2c1cccc2C1CCCc2c1ccc1c2ccc2ccccc21. The zero-order chi connectivity index (χ0) is 20.8. The van der Waals surface area contributed by atoms with Gasteiger partial charge in [-0.1, -0.05) is 66.7 Å². The summed E-state index contributed by atoms with van der Waals surface area (Å²) < 4.78 is 0. The van der Waals surface area contributed by atoms with Gasteiger partial charge in [0.15, 0.2) is 0 Å². The number of benzene rings is 4.